The van der Waals surface area contributed by atoms with Crippen molar-refractivity contribution in [1.82, 2.24) is 0 Å². The lowest BCUT2D eigenvalue weighted by Crippen LogP contribution is -2.31. The van der Waals surface area contributed by atoms with Gasteiger partial charge in [-0.25, -0.2) is 0 Å². The Morgan fingerprint density at radius 3 is 1.90 bits per heavy atom. The summed E-state index contributed by atoms with van der Waals surface area (Å²) in [5.74, 6) is -0.355. The molecule has 104 valence electrons. The second-order valence-electron chi connectivity index (χ2n) is 6.66. The minimum Gasteiger partial charge on any atom is -0.459 e. The number of carbonyl (C=O) groups is 1. The average Bonchev–Trinajstić information content (AvgIpc) is 2.28. The summed E-state index contributed by atoms with van der Waals surface area (Å²) in [6, 6.07) is 8.34. The summed E-state index contributed by atoms with van der Waals surface area (Å²) in [6.07, 6.45) is 0. The molecule has 0 bridgehead atoms. The van der Waals surface area contributed by atoms with Gasteiger partial charge in [0.05, 0.1) is 0 Å². The minimum atomic E-state index is -0.443. The molecule has 0 amide bonds. The first-order valence-corrected chi connectivity index (χ1v) is 7.05. The van der Waals surface area contributed by atoms with Gasteiger partial charge in [-0.05, 0) is 67.6 Å². The molecule has 2 nitrogen and oxygen atoms in total. The minimum absolute atomic E-state index is 0.140. The topological polar surface area (TPSA) is 26.3 Å². The van der Waals surface area contributed by atoms with Gasteiger partial charge in [-0.1, -0.05) is 24.3 Å². The largest absolute Gasteiger partial charge is 0.459 e. The Labute approximate surface area is 119 Å². The van der Waals surface area contributed by atoms with Crippen LogP contribution in [0.5, 0.6) is 0 Å². The van der Waals surface area contributed by atoms with Crippen LogP contribution in [0.25, 0.3) is 10.8 Å². The third-order valence-corrected chi connectivity index (χ3v) is 3.91. The van der Waals surface area contributed by atoms with Crippen LogP contribution in [0.1, 0.15) is 48.9 Å². The monoisotopic (exact) mass is 268 g/mol. The maximum Gasteiger partial charge on any atom is 0.318 e. The first-order chi connectivity index (χ1) is 9.29. The van der Waals surface area contributed by atoms with Gasteiger partial charge in [0.25, 0.3) is 0 Å². The van der Waals surface area contributed by atoms with Crippen molar-refractivity contribution < 1.29 is 9.53 Å². The molecule has 2 aromatic rings. The molecular weight excluding hydrogens is 248 g/mol. The van der Waals surface area contributed by atoms with Crippen LogP contribution in [0.3, 0.4) is 0 Å². The van der Waals surface area contributed by atoms with Crippen LogP contribution < -0.4 is 0 Å². The normalized spacial score (nSPS) is 14.2. The van der Waals surface area contributed by atoms with E-state index in [2.05, 4.69) is 38.1 Å². The highest BCUT2D eigenvalue weighted by atomic mass is 16.6. The zero-order chi connectivity index (χ0) is 14.7. The zero-order valence-electron chi connectivity index (χ0n) is 12.7. The second-order valence-corrected chi connectivity index (χ2v) is 6.66. The number of rotatable bonds is 1. The number of esters is 1. The molecule has 1 aliphatic rings. The molecule has 1 aliphatic carbocycles. The lowest BCUT2D eigenvalue weighted by molar-refractivity contribution is -0.155. The maximum absolute atomic E-state index is 12.4. The van der Waals surface area contributed by atoms with Crippen molar-refractivity contribution in [2.45, 2.75) is 46.1 Å². The van der Waals surface area contributed by atoms with Gasteiger partial charge in [-0.15, -0.1) is 0 Å². The summed E-state index contributed by atoms with van der Waals surface area (Å²) < 4.78 is 5.55. The van der Waals surface area contributed by atoms with Crippen molar-refractivity contribution in [3.63, 3.8) is 0 Å². The first kappa shape index (κ1) is 13.2. The van der Waals surface area contributed by atoms with Crippen LogP contribution in [0.4, 0.5) is 0 Å². The van der Waals surface area contributed by atoms with Crippen LogP contribution in [-0.4, -0.2) is 11.6 Å². The van der Waals surface area contributed by atoms with E-state index in [1.54, 1.807) is 0 Å². The van der Waals surface area contributed by atoms with Crippen LogP contribution >= 0.6 is 0 Å². The Balaban J connectivity index is 2.08. The van der Waals surface area contributed by atoms with Crippen molar-refractivity contribution in [2.24, 2.45) is 0 Å². The van der Waals surface area contributed by atoms with E-state index in [-0.39, 0.29) is 11.9 Å². The molecule has 0 radical (unpaired) electrons. The Kier molecular flexibility index (Phi) is 2.69. The molecule has 0 saturated heterocycles. The summed E-state index contributed by atoms with van der Waals surface area (Å²) in [6.45, 7) is 9.96. The fraction of sp³-hybridized carbons (Fsp3) is 0.389. The average molecular weight is 268 g/mol. The van der Waals surface area contributed by atoms with E-state index in [4.69, 9.17) is 4.74 Å². The number of hydrogen-bond acceptors (Lipinski definition) is 2. The third-order valence-electron chi connectivity index (χ3n) is 3.91. The second kappa shape index (κ2) is 4.08. The molecule has 0 atom stereocenters. The molecule has 0 aliphatic heterocycles. The zero-order valence-corrected chi connectivity index (χ0v) is 12.7. The predicted octanol–water partition coefficient (Wildman–Crippen LogP) is 4.24. The molecule has 0 spiro atoms. The number of aryl methyl sites for hydroxylation is 2. The summed E-state index contributed by atoms with van der Waals surface area (Å²) in [7, 11) is 0. The Morgan fingerprint density at radius 1 is 0.950 bits per heavy atom. The molecule has 20 heavy (non-hydrogen) atoms. The van der Waals surface area contributed by atoms with Gasteiger partial charge in [0.2, 0.25) is 0 Å². The van der Waals surface area contributed by atoms with Gasteiger partial charge in [-0.3, -0.25) is 4.79 Å². The highest BCUT2D eigenvalue weighted by Crippen LogP contribution is 2.47. The van der Waals surface area contributed by atoms with Gasteiger partial charge in [0, 0.05) is 0 Å². The molecule has 2 heteroatoms. The van der Waals surface area contributed by atoms with E-state index in [1.165, 1.54) is 21.9 Å². The molecule has 0 N–H and O–H groups in total. The fourth-order valence-corrected chi connectivity index (χ4v) is 3.11. The maximum atomic E-state index is 12.4. The lowest BCUT2D eigenvalue weighted by Gasteiger charge is -2.33. The van der Waals surface area contributed by atoms with Gasteiger partial charge < -0.3 is 4.74 Å². The number of benzene rings is 2. The SMILES string of the molecule is Cc1ccc2c3c(ccc(C)c13)C2C(=O)OC(C)(C)C. The van der Waals surface area contributed by atoms with Crippen LogP contribution in [0.15, 0.2) is 24.3 Å². The standard InChI is InChI=1S/C18H20O2/c1-10-6-8-12-15-13(9-7-11(2)14(10)15)16(12)17(19)20-18(3,4)5/h6-9,16H,1-5H3. The first-order valence-electron chi connectivity index (χ1n) is 7.05. The van der Waals surface area contributed by atoms with Crippen molar-refractivity contribution in [3.8, 4) is 0 Å². The summed E-state index contributed by atoms with van der Waals surface area (Å²) in [5.41, 5.74) is 4.31. The highest BCUT2D eigenvalue weighted by molar-refractivity contribution is 6.06. The van der Waals surface area contributed by atoms with E-state index in [0.717, 1.165) is 11.1 Å². The van der Waals surface area contributed by atoms with E-state index >= 15 is 0 Å². The van der Waals surface area contributed by atoms with Crippen molar-refractivity contribution in [1.29, 1.82) is 0 Å². The molecule has 0 fully saturated rings. The highest BCUT2D eigenvalue weighted by Gasteiger charge is 2.38. The Hall–Kier alpha value is -1.83. The fourth-order valence-electron chi connectivity index (χ4n) is 3.11. The molecule has 0 saturated carbocycles. The molecular formula is C18H20O2. The summed E-state index contributed by atoms with van der Waals surface area (Å²) >= 11 is 0. The molecule has 0 aromatic heterocycles. The third kappa shape index (κ3) is 1.82. The quantitative estimate of drug-likeness (QED) is 0.723. The van der Waals surface area contributed by atoms with Crippen molar-refractivity contribution in [2.75, 3.05) is 0 Å². The van der Waals surface area contributed by atoms with E-state index in [1.807, 2.05) is 20.8 Å². The number of ether oxygens (including phenoxy) is 1. The van der Waals surface area contributed by atoms with Gasteiger partial charge in [0.15, 0.2) is 0 Å². The molecule has 0 unspecified atom stereocenters. The lowest BCUT2D eigenvalue weighted by atomic mass is 9.73. The molecule has 3 rings (SSSR count). The van der Waals surface area contributed by atoms with Crippen LogP contribution in [-0.2, 0) is 9.53 Å². The van der Waals surface area contributed by atoms with Crippen molar-refractivity contribution >= 4 is 16.7 Å². The molecule has 0 heterocycles. The summed E-state index contributed by atoms with van der Waals surface area (Å²) in [5, 5.41) is 2.54. The van der Waals surface area contributed by atoms with Crippen LogP contribution in [0.2, 0.25) is 0 Å². The Morgan fingerprint density at radius 2 is 1.45 bits per heavy atom. The van der Waals surface area contributed by atoms with Gasteiger partial charge in [-0.2, -0.15) is 0 Å². The van der Waals surface area contributed by atoms with E-state index in [9.17, 15) is 4.79 Å². The number of hydrogen-bond donors (Lipinski definition) is 0. The van der Waals surface area contributed by atoms with Crippen molar-refractivity contribution in [3.05, 3.63) is 46.5 Å². The summed E-state index contributed by atoms with van der Waals surface area (Å²) in [4.78, 5) is 12.4. The van der Waals surface area contributed by atoms with E-state index in [0.29, 0.717) is 0 Å². The Bertz CT molecular complexity index is 676. The van der Waals surface area contributed by atoms with Gasteiger partial charge >= 0.3 is 5.97 Å². The van der Waals surface area contributed by atoms with Crippen LogP contribution in [0, 0.1) is 13.8 Å². The predicted molar refractivity (Wildman–Crippen MR) is 81.1 cm³/mol. The number of carbonyl (C=O) groups excluding carboxylic acids is 1. The van der Waals surface area contributed by atoms with E-state index < -0.39 is 5.60 Å². The smallest absolute Gasteiger partial charge is 0.318 e. The van der Waals surface area contributed by atoms with Gasteiger partial charge in [0.1, 0.15) is 11.5 Å². The molecule has 2 aromatic carbocycles.